The van der Waals surface area contributed by atoms with Crippen LogP contribution in [0.2, 0.25) is 0 Å². The minimum absolute atomic E-state index is 0.0118. The Morgan fingerprint density at radius 3 is 2.52 bits per heavy atom. The number of carbonyl (C=O) groups is 2. The molecule has 0 spiro atoms. The van der Waals surface area contributed by atoms with E-state index >= 15 is 0 Å². The van der Waals surface area contributed by atoms with Gasteiger partial charge in [0.25, 0.3) is 0 Å². The maximum absolute atomic E-state index is 13.5. The van der Waals surface area contributed by atoms with E-state index in [0.29, 0.717) is 28.5 Å². The second-order valence-corrected chi connectivity index (χ2v) is 12.4. The summed E-state index contributed by atoms with van der Waals surface area (Å²) in [6.45, 7) is 8.74. The molecule has 0 radical (unpaired) electrons. The number of phenolic OH excluding ortho intramolecular Hbond substituents is 1. The smallest absolute Gasteiger partial charge is 0.404 e. The van der Waals surface area contributed by atoms with Gasteiger partial charge in [-0.25, -0.2) is 9.59 Å². The number of aliphatic hydroxyl groups excluding tert-OH is 2. The van der Waals surface area contributed by atoms with Crippen LogP contribution >= 0.6 is 0 Å². The molecule has 13 nitrogen and oxygen atoms in total. The molecular formula is C35H43NO12. The van der Waals surface area contributed by atoms with Gasteiger partial charge in [0, 0.05) is 37.7 Å². The summed E-state index contributed by atoms with van der Waals surface area (Å²) in [5.41, 5.74) is 5.71. The first-order chi connectivity index (χ1) is 22.7. The number of ketones is 1. The van der Waals surface area contributed by atoms with Crippen LogP contribution in [0.5, 0.6) is 17.2 Å². The summed E-state index contributed by atoms with van der Waals surface area (Å²) in [6, 6.07) is 7.67. The fourth-order valence-corrected chi connectivity index (χ4v) is 5.64. The van der Waals surface area contributed by atoms with E-state index in [1.165, 1.54) is 19.2 Å². The van der Waals surface area contributed by atoms with Gasteiger partial charge in [-0.1, -0.05) is 11.6 Å². The largest absolute Gasteiger partial charge is 0.508 e. The van der Waals surface area contributed by atoms with Gasteiger partial charge >= 0.3 is 11.7 Å². The lowest BCUT2D eigenvalue weighted by molar-refractivity contribution is -0.304. The van der Waals surface area contributed by atoms with Crippen LogP contribution in [0.1, 0.15) is 61.2 Å². The maximum atomic E-state index is 13.5. The van der Waals surface area contributed by atoms with Crippen LogP contribution in [0.3, 0.4) is 0 Å². The average Bonchev–Trinajstić information content (AvgIpc) is 3.01. The summed E-state index contributed by atoms with van der Waals surface area (Å²) in [4.78, 5) is 38.6. The van der Waals surface area contributed by atoms with Crippen molar-refractivity contribution in [2.75, 3.05) is 20.3 Å². The minimum atomic E-state index is -1.51. The maximum Gasteiger partial charge on any atom is 0.404 e. The van der Waals surface area contributed by atoms with E-state index in [0.717, 1.165) is 5.57 Å². The first-order valence-electron chi connectivity index (χ1n) is 15.5. The summed E-state index contributed by atoms with van der Waals surface area (Å²) in [5.74, 6) is -0.0386. The average molecular weight is 670 g/mol. The number of nitrogens with two attached hydrogens (primary N) is 1. The molecule has 2 aromatic carbocycles. The van der Waals surface area contributed by atoms with E-state index in [4.69, 9.17) is 33.8 Å². The van der Waals surface area contributed by atoms with Crippen LogP contribution < -0.4 is 20.8 Å². The number of primary amides is 1. The summed E-state index contributed by atoms with van der Waals surface area (Å²) in [5, 5.41) is 31.1. The van der Waals surface area contributed by atoms with Gasteiger partial charge < -0.3 is 49.2 Å². The molecule has 260 valence electrons. The minimum Gasteiger partial charge on any atom is -0.508 e. The van der Waals surface area contributed by atoms with Crippen LogP contribution in [0.4, 0.5) is 4.79 Å². The van der Waals surface area contributed by atoms with Crippen LogP contribution in [0.15, 0.2) is 51.2 Å². The number of fused-ring (bicyclic) bond motifs is 1. The Kier molecular flexibility index (Phi) is 11.5. The number of hydrogen-bond donors (Lipinski definition) is 4. The van der Waals surface area contributed by atoms with Crippen molar-refractivity contribution in [1.29, 1.82) is 0 Å². The monoisotopic (exact) mass is 669 g/mol. The number of benzene rings is 2. The highest BCUT2D eigenvalue weighted by atomic mass is 16.7. The van der Waals surface area contributed by atoms with Crippen molar-refractivity contribution in [2.24, 2.45) is 5.73 Å². The number of phenols is 1. The van der Waals surface area contributed by atoms with E-state index in [2.05, 4.69) is 0 Å². The third-order valence-corrected chi connectivity index (χ3v) is 8.10. The third kappa shape index (κ3) is 7.98. The zero-order valence-electron chi connectivity index (χ0n) is 27.9. The number of rotatable bonds is 13. The number of methoxy groups -OCH3 is 1. The molecular weight excluding hydrogens is 626 g/mol. The number of ether oxygens (including phenoxy) is 5. The van der Waals surface area contributed by atoms with Gasteiger partial charge in [0.1, 0.15) is 28.9 Å². The molecule has 1 fully saturated rings. The molecule has 3 aromatic rings. The molecule has 4 rings (SSSR count). The van der Waals surface area contributed by atoms with E-state index < -0.39 is 47.7 Å². The molecule has 0 bridgehead atoms. The van der Waals surface area contributed by atoms with E-state index in [-0.39, 0.29) is 54.5 Å². The molecule has 1 saturated heterocycles. The summed E-state index contributed by atoms with van der Waals surface area (Å²) in [6.07, 6.45) is -3.78. The third-order valence-electron chi connectivity index (χ3n) is 8.10. The topological polar surface area (TPSA) is 197 Å². The normalized spacial score (nSPS) is 20.2. The molecule has 1 aliphatic heterocycles. The Bertz CT molecular complexity index is 1740. The van der Waals surface area contributed by atoms with Gasteiger partial charge in [0.2, 0.25) is 6.29 Å². The molecule has 0 aliphatic carbocycles. The first-order valence-corrected chi connectivity index (χ1v) is 15.5. The number of hydrogen-bond acceptors (Lipinski definition) is 12. The lowest BCUT2D eigenvalue weighted by Gasteiger charge is -2.47. The van der Waals surface area contributed by atoms with Gasteiger partial charge in [-0.05, 0) is 76.9 Å². The highest BCUT2D eigenvalue weighted by Gasteiger charge is 2.53. The van der Waals surface area contributed by atoms with Crippen molar-refractivity contribution in [3.63, 3.8) is 0 Å². The SMILES string of the molecule is CO[C@@H]1[C@@H](OC(N)=O)[C@@H](O)[C@H](Oc2ccc3c(OCCCO)c(CC(=O)c4ccc(O)c(CC=C(C)C)c4)c(=O)oc3c2C)OC1(C)C. The number of Topliss-reactive ketones (excluding diaryl/α,β-unsaturated/α-hetero) is 1. The van der Waals surface area contributed by atoms with Crippen LogP contribution in [-0.2, 0) is 27.1 Å². The Labute approximate surface area is 277 Å². The van der Waals surface area contributed by atoms with Crippen LogP contribution in [0.25, 0.3) is 11.0 Å². The lowest BCUT2D eigenvalue weighted by atomic mass is 9.89. The lowest BCUT2D eigenvalue weighted by Crippen LogP contribution is -2.65. The van der Waals surface area contributed by atoms with Gasteiger partial charge in [-0.2, -0.15) is 0 Å². The summed E-state index contributed by atoms with van der Waals surface area (Å²) < 4.78 is 34.4. The molecule has 13 heteroatoms. The second-order valence-electron chi connectivity index (χ2n) is 12.4. The second kappa shape index (κ2) is 15.2. The Morgan fingerprint density at radius 1 is 1.15 bits per heavy atom. The Morgan fingerprint density at radius 2 is 1.88 bits per heavy atom. The quantitative estimate of drug-likeness (QED) is 0.0889. The molecule has 2 heterocycles. The fraction of sp³-hybridized carbons (Fsp3) is 0.457. The summed E-state index contributed by atoms with van der Waals surface area (Å²) >= 11 is 0. The Hall–Kier alpha value is -4.43. The standard InChI is InChI=1S/C35H43NO12/c1-18(2)8-9-20-16-21(10-12-24(20)38)25(39)17-23-29(44-15-7-14-37)22-11-13-26(19(3)28(22)46-32(23)41)45-33-27(40)30(47-34(36)42)31(43-6)35(4,5)48-33/h8,10-13,16,27,30-31,33,37-38,40H,7,9,14-15,17H2,1-6H3,(H2,36,42)/t27-,30+,31-,33-/m1/s1. The summed E-state index contributed by atoms with van der Waals surface area (Å²) in [7, 11) is 1.38. The first kappa shape index (κ1) is 36.4. The van der Waals surface area contributed by atoms with Gasteiger partial charge in [-0.3, -0.25) is 4.79 Å². The number of amides is 1. The predicted molar refractivity (Wildman–Crippen MR) is 175 cm³/mol. The highest BCUT2D eigenvalue weighted by Crippen LogP contribution is 2.38. The van der Waals surface area contributed by atoms with Crippen molar-refractivity contribution < 1.29 is 53.0 Å². The van der Waals surface area contributed by atoms with Gasteiger partial charge in [0.05, 0.1) is 23.2 Å². The van der Waals surface area contributed by atoms with Crippen LogP contribution in [0, 0.1) is 6.92 Å². The van der Waals surface area contributed by atoms with E-state index in [1.807, 2.05) is 19.9 Å². The van der Waals surface area contributed by atoms with E-state index in [9.17, 15) is 29.7 Å². The van der Waals surface area contributed by atoms with Gasteiger partial charge in [0.15, 0.2) is 18.0 Å². The number of aliphatic hydroxyl groups is 2. The number of aryl methyl sites for hydroxylation is 1. The molecule has 5 N–H and O–H groups in total. The molecule has 1 aromatic heterocycles. The molecule has 0 unspecified atom stereocenters. The molecule has 1 amide bonds. The number of carbonyl (C=O) groups excluding carboxylic acids is 2. The number of allylic oxidation sites excluding steroid dienone is 2. The van der Waals surface area contributed by atoms with Crippen molar-refractivity contribution in [1.82, 2.24) is 0 Å². The Balaban J connectivity index is 1.71. The van der Waals surface area contributed by atoms with Crippen molar-refractivity contribution in [3.8, 4) is 17.2 Å². The van der Waals surface area contributed by atoms with E-state index in [1.54, 1.807) is 39.0 Å². The molecule has 0 saturated carbocycles. The fourth-order valence-electron chi connectivity index (χ4n) is 5.64. The zero-order valence-corrected chi connectivity index (χ0v) is 27.9. The van der Waals surface area contributed by atoms with Gasteiger partial charge in [-0.15, -0.1) is 0 Å². The molecule has 48 heavy (non-hydrogen) atoms. The number of aromatic hydroxyl groups is 1. The van der Waals surface area contributed by atoms with Crippen LogP contribution in [-0.4, -0.2) is 77.7 Å². The van der Waals surface area contributed by atoms with Crippen molar-refractivity contribution in [2.45, 2.75) is 84.1 Å². The van der Waals surface area contributed by atoms with Crippen molar-refractivity contribution in [3.05, 3.63) is 74.7 Å². The molecule has 4 atom stereocenters. The predicted octanol–water partition coefficient (Wildman–Crippen LogP) is 3.86. The highest BCUT2D eigenvalue weighted by molar-refractivity contribution is 5.99. The zero-order chi connectivity index (χ0) is 35.3. The van der Waals surface area contributed by atoms with Crippen molar-refractivity contribution >= 4 is 22.8 Å². The molecule has 1 aliphatic rings.